The van der Waals surface area contributed by atoms with Crippen molar-refractivity contribution in [1.29, 1.82) is 0 Å². The average molecular weight is 307 g/mol. The number of hydrogen-bond acceptors (Lipinski definition) is 5. The molecule has 0 atom stereocenters. The Bertz CT molecular complexity index is 394. The highest BCUT2D eigenvalue weighted by Gasteiger charge is 2.25. The number of aryl methyl sites for hydroxylation is 1. The molecule has 0 fully saturated rings. The average Bonchev–Trinajstić information content (AvgIpc) is 2.56. The van der Waals surface area contributed by atoms with Gasteiger partial charge >= 0.3 is 5.69 Å². The Labute approximate surface area is 107 Å². The van der Waals surface area contributed by atoms with Crippen molar-refractivity contribution in [2.24, 2.45) is 0 Å². The van der Waals surface area contributed by atoms with Gasteiger partial charge in [0.15, 0.2) is 0 Å². The first-order chi connectivity index (χ1) is 8.11. The minimum atomic E-state index is -0.443. The summed E-state index contributed by atoms with van der Waals surface area (Å²) in [5, 5.41) is 18.0. The van der Waals surface area contributed by atoms with Crippen LogP contribution in [0.25, 0.3) is 0 Å². The highest BCUT2D eigenvalue weighted by molar-refractivity contribution is 9.10. The van der Waals surface area contributed by atoms with Crippen LogP contribution in [0.1, 0.15) is 13.3 Å². The summed E-state index contributed by atoms with van der Waals surface area (Å²) < 4.78 is 6.77. The quantitative estimate of drug-likeness (QED) is 0.473. The van der Waals surface area contributed by atoms with Crippen molar-refractivity contribution >= 4 is 27.4 Å². The molecule has 7 nitrogen and oxygen atoms in total. The molecule has 0 radical (unpaired) electrons. The number of nitrogens with zero attached hydrogens (tertiary/aromatic N) is 3. The topological polar surface area (TPSA) is 82.2 Å². The van der Waals surface area contributed by atoms with Gasteiger partial charge in [-0.25, -0.2) is 4.68 Å². The molecule has 1 aromatic rings. The Morgan fingerprint density at radius 3 is 2.88 bits per heavy atom. The van der Waals surface area contributed by atoms with Gasteiger partial charge in [0.25, 0.3) is 0 Å². The summed E-state index contributed by atoms with van der Waals surface area (Å²) in [7, 11) is 1.62. The van der Waals surface area contributed by atoms with Gasteiger partial charge < -0.3 is 10.1 Å². The van der Waals surface area contributed by atoms with Crippen LogP contribution in [0.15, 0.2) is 4.60 Å². The predicted molar refractivity (Wildman–Crippen MR) is 67.2 cm³/mol. The zero-order valence-corrected chi connectivity index (χ0v) is 11.4. The molecule has 0 amide bonds. The number of aromatic nitrogens is 2. The Kier molecular flexibility index (Phi) is 5.36. The second-order valence-corrected chi connectivity index (χ2v) is 4.10. The lowest BCUT2D eigenvalue weighted by Gasteiger charge is -2.06. The van der Waals surface area contributed by atoms with Gasteiger partial charge in [-0.2, -0.15) is 5.10 Å². The third kappa shape index (κ3) is 3.40. The zero-order chi connectivity index (χ0) is 12.8. The minimum Gasteiger partial charge on any atom is -0.385 e. The van der Waals surface area contributed by atoms with E-state index in [1.54, 1.807) is 11.8 Å². The maximum atomic E-state index is 10.9. The van der Waals surface area contributed by atoms with Crippen LogP contribution >= 0.6 is 15.9 Å². The molecule has 96 valence electrons. The second-order valence-electron chi connectivity index (χ2n) is 3.34. The summed E-state index contributed by atoms with van der Waals surface area (Å²) in [4.78, 5) is 10.5. The number of hydrogen-bond donors (Lipinski definition) is 1. The third-order valence-electron chi connectivity index (χ3n) is 2.13. The van der Waals surface area contributed by atoms with E-state index in [1.807, 2.05) is 6.92 Å². The SMILES string of the molecule is CCNc1c([N+](=O)[O-])c(Br)nn1CCCOC. The van der Waals surface area contributed by atoms with Gasteiger partial charge in [0.2, 0.25) is 10.4 Å². The van der Waals surface area contributed by atoms with Gasteiger partial charge in [0.1, 0.15) is 0 Å². The number of methoxy groups -OCH3 is 1. The number of ether oxygens (including phenoxy) is 1. The van der Waals surface area contributed by atoms with Gasteiger partial charge in [-0.3, -0.25) is 10.1 Å². The molecule has 0 unspecified atom stereocenters. The van der Waals surface area contributed by atoms with Crippen LogP contribution in [0, 0.1) is 10.1 Å². The van der Waals surface area contributed by atoms with E-state index in [-0.39, 0.29) is 10.3 Å². The first-order valence-electron chi connectivity index (χ1n) is 5.25. The Morgan fingerprint density at radius 1 is 1.65 bits per heavy atom. The van der Waals surface area contributed by atoms with E-state index in [0.717, 1.165) is 6.42 Å². The Morgan fingerprint density at radius 2 is 2.35 bits per heavy atom. The second kappa shape index (κ2) is 6.55. The Hall–Kier alpha value is -1.15. The molecule has 1 N–H and O–H groups in total. The van der Waals surface area contributed by atoms with Crippen LogP contribution in [0.5, 0.6) is 0 Å². The summed E-state index contributed by atoms with van der Waals surface area (Å²) in [6.45, 7) is 3.65. The minimum absolute atomic E-state index is 0.0238. The molecular weight excluding hydrogens is 292 g/mol. The summed E-state index contributed by atoms with van der Waals surface area (Å²) in [5.74, 6) is 0.431. The van der Waals surface area contributed by atoms with Crippen molar-refractivity contribution in [3.05, 3.63) is 14.7 Å². The van der Waals surface area contributed by atoms with Crippen molar-refractivity contribution < 1.29 is 9.66 Å². The van der Waals surface area contributed by atoms with Gasteiger partial charge in [-0.15, -0.1) is 0 Å². The Balaban J connectivity index is 2.95. The number of anilines is 1. The van der Waals surface area contributed by atoms with Crippen LogP contribution in [0.4, 0.5) is 11.5 Å². The number of nitro groups is 1. The first-order valence-corrected chi connectivity index (χ1v) is 6.04. The highest BCUT2D eigenvalue weighted by Crippen LogP contribution is 2.32. The molecule has 0 saturated heterocycles. The lowest BCUT2D eigenvalue weighted by atomic mass is 10.4. The van der Waals surface area contributed by atoms with E-state index >= 15 is 0 Å². The molecule has 0 aliphatic carbocycles. The molecule has 0 bridgehead atoms. The van der Waals surface area contributed by atoms with Gasteiger partial charge in [-0.05, 0) is 29.3 Å². The highest BCUT2D eigenvalue weighted by atomic mass is 79.9. The summed E-state index contributed by atoms with van der Waals surface area (Å²) in [5.41, 5.74) is -0.0238. The third-order valence-corrected chi connectivity index (χ3v) is 2.67. The van der Waals surface area contributed by atoms with E-state index in [2.05, 4.69) is 26.3 Å². The van der Waals surface area contributed by atoms with Crippen LogP contribution in [-0.4, -0.2) is 35.0 Å². The van der Waals surface area contributed by atoms with Crippen molar-refractivity contribution in [2.45, 2.75) is 19.9 Å². The number of nitrogens with one attached hydrogen (secondary N) is 1. The summed E-state index contributed by atoms with van der Waals surface area (Å²) >= 11 is 3.10. The van der Waals surface area contributed by atoms with E-state index in [9.17, 15) is 10.1 Å². The maximum Gasteiger partial charge on any atom is 0.345 e. The van der Waals surface area contributed by atoms with Gasteiger partial charge in [-0.1, -0.05) is 0 Å². The summed E-state index contributed by atoms with van der Waals surface area (Å²) in [6.07, 6.45) is 0.750. The van der Waals surface area contributed by atoms with Crippen molar-refractivity contribution in [1.82, 2.24) is 9.78 Å². The number of halogens is 1. The van der Waals surface area contributed by atoms with Gasteiger partial charge in [0.05, 0.1) is 4.92 Å². The molecule has 17 heavy (non-hydrogen) atoms. The monoisotopic (exact) mass is 306 g/mol. The lowest BCUT2D eigenvalue weighted by molar-refractivity contribution is -0.384. The van der Waals surface area contributed by atoms with Crippen LogP contribution in [-0.2, 0) is 11.3 Å². The van der Waals surface area contributed by atoms with E-state index in [4.69, 9.17) is 4.74 Å². The molecule has 8 heteroatoms. The predicted octanol–water partition coefficient (Wildman–Crippen LogP) is 2.02. The largest absolute Gasteiger partial charge is 0.385 e. The molecular formula is C9H15BrN4O3. The van der Waals surface area contributed by atoms with Crippen molar-refractivity contribution in [3.63, 3.8) is 0 Å². The van der Waals surface area contributed by atoms with Crippen molar-refractivity contribution in [2.75, 3.05) is 25.6 Å². The number of rotatable bonds is 7. The fourth-order valence-electron chi connectivity index (χ4n) is 1.45. The standard InChI is InChI=1S/C9H15BrN4O3/c1-3-11-9-7(14(15)16)8(10)12-13(9)5-4-6-17-2/h11H,3-6H2,1-2H3. The lowest BCUT2D eigenvalue weighted by Crippen LogP contribution is -2.10. The molecule has 1 heterocycles. The molecule has 0 aliphatic heterocycles. The molecule has 0 aliphatic rings. The van der Waals surface area contributed by atoms with E-state index in [0.29, 0.717) is 25.5 Å². The fraction of sp³-hybridized carbons (Fsp3) is 0.667. The molecule has 0 saturated carbocycles. The molecule has 1 rings (SSSR count). The van der Waals surface area contributed by atoms with Crippen LogP contribution in [0.2, 0.25) is 0 Å². The molecule has 0 spiro atoms. The first kappa shape index (κ1) is 13.9. The van der Waals surface area contributed by atoms with Crippen molar-refractivity contribution in [3.8, 4) is 0 Å². The molecule has 1 aromatic heterocycles. The maximum absolute atomic E-state index is 10.9. The fourth-order valence-corrected chi connectivity index (χ4v) is 1.97. The molecule has 0 aromatic carbocycles. The van der Waals surface area contributed by atoms with Gasteiger partial charge in [0, 0.05) is 26.8 Å². The normalized spacial score (nSPS) is 10.5. The smallest absolute Gasteiger partial charge is 0.345 e. The zero-order valence-electron chi connectivity index (χ0n) is 9.77. The summed E-state index contributed by atoms with van der Waals surface area (Å²) in [6, 6.07) is 0. The van der Waals surface area contributed by atoms with Crippen LogP contribution in [0.3, 0.4) is 0 Å². The van der Waals surface area contributed by atoms with E-state index < -0.39 is 4.92 Å². The van der Waals surface area contributed by atoms with Crippen LogP contribution < -0.4 is 5.32 Å². The van der Waals surface area contributed by atoms with E-state index in [1.165, 1.54) is 0 Å².